The average Bonchev–Trinajstić information content (AvgIpc) is 3.51. The summed E-state index contributed by atoms with van der Waals surface area (Å²) in [7, 11) is 0. The standard InChI is InChI=1S/C47H72IO12.Re/c1-25(2)33-16-18-44(9)21-22-47(12)39(48(33)44)14-13-38-45(10)19-17-34(26(3)32(45)15-20-46(38,47)11)59-43-41(40(58-31(8)52)37(24-53-43)57-30(7)51)60-42-36(56-29(6)50)23-35(27(4)54-42)55-28(5)49;/h27,32-43H,1,13-24H2,2-12H3;/q-1;/t27-,32-,33-,34-,35+,36+,37-,38+,39?,40-,41+,42-,43-,44?,45-,46?,47+;/m0./s1. The zero-order valence-electron chi connectivity index (χ0n) is 38.4. The Labute approximate surface area is 385 Å². The number of hydrogen-bond donors (Lipinski definition) is 0. The van der Waals surface area contributed by atoms with E-state index in [4.69, 9.17) is 37.9 Å². The molecule has 0 amide bonds. The molecule has 0 aromatic heterocycles. The molecular weight excluding hydrogens is 1070 g/mol. The normalized spacial score (nSPS) is 46.3. The molecular formula is C47H72IO12Re-. The molecule has 347 valence electrons. The van der Waals surface area contributed by atoms with Gasteiger partial charge >= 0.3 is 252 Å². The molecule has 17 atom stereocenters. The molecule has 0 aromatic carbocycles. The van der Waals surface area contributed by atoms with E-state index in [-0.39, 0.29) is 50.4 Å². The van der Waals surface area contributed by atoms with Crippen molar-refractivity contribution in [3.63, 3.8) is 0 Å². The van der Waals surface area contributed by atoms with E-state index in [0.29, 0.717) is 20.7 Å². The van der Waals surface area contributed by atoms with Crippen molar-refractivity contribution in [1.29, 1.82) is 0 Å². The Morgan fingerprint density at radius 2 is 1.33 bits per heavy atom. The third-order valence-electron chi connectivity index (χ3n) is 16.6. The molecule has 7 fully saturated rings. The fourth-order valence-corrected chi connectivity index (χ4v) is 25.7. The predicted octanol–water partition coefficient (Wildman–Crippen LogP) is 8.37. The van der Waals surface area contributed by atoms with Crippen LogP contribution in [0.1, 0.15) is 147 Å². The van der Waals surface area contributed by atoms with Crippen molar-refractivity contribution >= 4 is 43.7 Å². The van der Waals surface area contributed by atoms with Crippen molar-refractivity contribution in [1.82, 2.24) is 0 Å². The Morgan fingerprint density at radius 1 is 0.689 bits per heavy atom. The molecule has 4 aliphatic heterocycles. The number of alkyl halides is 3. The maximum absolute atomic E-state index is 12.6. The van der Waals surface area contributed by atoms with Crippen molar-refractivity contribution in [3.05, 3.63) is 18.1 Å². The van der Waals surface area contributed by atoms with Gasteiger partial charge in [-0.15, -0.1) is 0 Å². The van der Waals surface area contributed by atoms with Gasteiger partial charge < -0.3 is 23.7 Å². The molecule has 7 aliphatic rings. The van der Waals surface area contributed by atoms with Crippen molar-refractivity contribution in [3.8, 4) is 0 Å². The first kappa shape index (κ1) is 49.3. The third kappa shape index (κ3) is 9.07. The first-order valence-corrected chi connectivity index (χ1v) is 26.1. The number of carbonyl (C=O) groups is 4. The van der Waals surface area contributed by atoms with Crippen LogP contribution < -0.4 is 0 Å². The van der Waals surface area contributed by atoms with Gasteiger partial charge in [0, 0.05) is 54.5 Å². The topological polar surface area (TPSA) is 142 Å². The van der Waals surface area contributed by atoms with Crippen LogP contribution in [-0.4, -0.2) is 97.1 Å². The second-order valence-corrected chi connectivity index (χ2v) is 27.9. The molecule has 0 bridgehead atoms. The molecule has 0 N–H and O–H groups in total. The van der Waals surface area contributed by atoms with Gasteiger partial charge in [-0.3, -0.25) is 19.2 Å². The summed E-state index contributed by atoms with van der Waals surface area (Å²) in [6.07, 6.45) is 4.35. The number of carbonyl (C=O) groups excluding carboxylic acids is 4. The van der Waals surface area contributed by atoms with E-state index in [0.717, 1.165) is 27.1 Å². The number of allylic oxidation sites excluding steroid dienone is 1. The summed E-state index contributed by atoms with van der Waals surface area (Å²) in [6.45, 7) is 26.6. The predicted molar refractivity (Wildman–Crippen MR) is 232 cm³/mol. The van der Waals surface area contributed by atoms with E-state index in [9.17, 15) is 19.2 Å². The molecule has 1 radical (unpaired) electrons. The van der Waals surface area contributed by atoms with Gasteiger partial charge in [0.15, 0.2) is 18.5 Å². The van der Waals surface area contributed by atoms with Crippen LogP contribution in [0, 0.1) is 34.0 Å². The van der Waals surface area contributed by atoms with Gasteiger partial charge in [-0.2, -0.15) is 0 Å². The number of rotatable bonds is 9. The zero-order chi connectivity index (χ0) is 43.7. The summed E-state index contributed by atoms with van der Waals surface area (Å²) < 4.78 is 51.1. The average molecular weight is 1140 g/mol. The van der Waals surface area contributed by atoms with Crippen LogP contribution in [0.15, 0.2) is 12.2 Å². The summed E-state index contributed by atoms with van der Waals surface area (Å²) in [5.74, 6) is 0.0491. The van der Waals surface area contributed by atoms with Crippen LogP contribution in [0.25, 0.3) is 0 Å². The zero-order valence-corrected chi connectivity index (χ0v) is 43.2. The number of ether oxygens (including phenoxy) is 8. The number of fused-ring (bicyclic) bond motifs is 7. The van der Waals surface area contributed by atoms with Crippen LogP contribution in [0.4, 0.5) is 0 Å². The molecule has 7 rings (SSSR count). The molecule has 0 spiro atoms. The van der Waals surface area contributed by atoms with Crippen LogP contribution in [0.5, 0.6) is 0 Å². The SMILES string of the molecule is C=C(C)[C@@H]1CCC2(C)CC[C@]3(C)C(CC[C@H]4C3(C)CC[C@H]3[C-](C)[C@@H](O[C@@H]5OC[C@H](OC(C)=O)[C@H](OC(C)=O)[C@H]5O[C@@H]5O[C@@H](C)[C@H](OC(C)=O)C[C@H]5OC(C)=O)CC[C@@]34C)I12.[Re]. The summed E-state index contributed by atoms with van der Waals surface area (Å²) in [6, 6.07) is 0. The Kier molecular flexibility index (Phi) is 15.0. The van der Waals surface area contributed by atoms with Gasteiger partial charge in [-0.1, -0.05) is 0 Å². The van der Waals surface area contributed by atoms with Crippen molar-refractivity contribution in [2.75, 3.05) is 6.61 Å². The second kappa shape index (κ2) is 18.6. The third-order valence-corrected chi connectivity index (χ3v) is 27.6. The van der Waals surface area contributed by atoms with E-state index >= 15 is 0 Å². The Morgan fingerprint density at radius 3 is 1.97 bits per heavy atom. The molecule has 4 heterocycles. The van der Waals surface area contributed by atoms with Crippen molar-refractivity contribution in [2.24, 2.45) is 28.1 Å². The molecule has 4 saturated heterocycles. The maximum atomic E-state index is 12.6. The molecule has 61 heavy (non-hydrogen) atoms. The van der Waals surface area contributed by atoms with E-state index in [1.54, 1.807) is 6.92 Å². The molecule has 14 heteroatoms. The smallest absolute Gasteiger partial charge is 0 e. The second-order valence-electron chi connectivity index (χ2n) is 20.3. The van der Waals surface area contributed by atoms with Gasteiger partial charge in [0.05, 0.1) is 6.10 Å². The van der Waals surface area contributed by atoms with Crippen LogP contribution >= 0.6 is 19.8 Å². The van der Waals surface area contributed by atoms with Gasteiger partial charge in [0.2, 0.25) is 0 Å². The Hall–Kier alpha value is -1.15. The van der Waals surface area contributed by atoms with Crippen molar-refractivity contribution < 1.29 is 77.5 Å². The van der Waals surface area contributed by atoms with Crippen LogP contribution in [0.2, 0.25) is 0 Å². The summed E-state index contributed by atoms with van der Waals surface area (Å²) in [5.41, 5.74) is 2.20. The van der Waals surface area contributed by atoms with Gasteiger partial charge in [0.25, 0.3) is 0 Å². The Balaban J connectivity index is 0.00000622. The molecule has 0 aromatic rings. The summed E-state index contributed by atoms with van der Waals surface area (Å²) in [4.78, 5) is 49.2. The summed E-state index contributed by atoms with van der Waals surface area (Å²) in [5, 5.41) is 0. The molecule has 3 unspecified atom stereocenters. The minimum atomic E-state index is -1.37. The van der Waals surface area contributed by atoms with E-state index < -0.39 is 92.9 Å². The first-order valence-electron chi connectivity index (χ1n) is 22.5. The van der Waals surface area contributed by atoms with E-state index in [1.165, 1.54) is 84.1 Å². The van der Waals surface area contributed by atoms with Gasteiger partial charge in [-0.25, -0.2) is 0 Å². The van der Waals surface area contributed by atoms with Crippen LogP contribution in [0.3, 0.4) is 0 Å². The van der Waals surface area contributed by atoms with Crippen molar-refractivity contribution in [2.45, 2.75) is 213 Å². The molecule has 12 nitrogen and oxygen atoms in total. The molecule has 3 saturated carbocycles. The monoisotopic (exact) mass is 1140 g/mol. The van der Waals surface area contributed by atoms with Gasteiger partial charge in [0.1, 0.15) is 6.10 Å². The minimum absolute atomic E-state index is 0. The summed E-state index contributed by atoms with van der Waals surface area (Å²) >= 11 is -1.37. The van der Waals surface area contributed by atoms with E-state index in [1.807, 2.05) is 0 Å². The number of esters is 4. The first-order chi connectivity index (χ1) is 28.1. The quantitative estimate of drug-likeness (QED) is 0.0417. The fraction of sp³-hybridized carbons (Fsp3) is 0.851. The molecule has 3 aliphatic carbocycles. The largest absolute Gasteiger partial charge is 0 e. The van der Waals surface area contributed by atoms with Gasteiger partial charge in [-0.05, 0) is 6.92 Å². The maximum Gasteiger partial charge on any atom is 0 e. The van der Waals surface area contributed by atoms with Crippen LogP contribution in [-0.2, 0) is 77.5 Å². The minimum Gasteiger partial charge on any atom is 0 e. The van der Waals surface area contributed by atoms with E-state index in [2.05, 4.69) is 48.1 Å². The Bertz CT molecular complexity index is 1680. The number of halogens is 1. The fourth-order valence-electron chi connectivity index (χ4n) is 13.6. The number of hydrogen-bond acceptors (Lipinski definition) is 12.